The van der Waals surface area contributed by atoms with Crippen LogP contribution in [-0.2, 0) is 0 Å². The second kappa shape index (κ2) is 4.15. The molecule has 0 bridgehead atoms. The summed E-state index contributed by atoms with van der Waals surface area (Å²) in [6, 6.07) is 10.6. The van der Waals surface area contributed by atoms with Crippen LogP contribution in [0.15, 0.2) is 30.3 Å². The molecule has 0 amide bonds. The van der Waals surface area contributed by atoms with Gasteiger partial charge < -0.3 is 0 Å². The summed E-state index contributed by atoms with van der Waals surface area (Å²) < 4.78 is 2.07. The van der Waals surface area contributed by atoms with Crippen LogP contribution in [0, 0.1) is 5.92 Å². The van der Waals surface area contributed by atoms with Crippen molar-refractivity contribution in [3.63, 3.8) is 0 Å². The van der Waals surface area contributed by atoms with Crippen molar-refractivity contribution >= 4 is 11.6 Å². The van der Waals surface area contributed by atoms with Gasteiger partial charge >= 0.3 is 0 Å². The van der Waals surface area contributed by atoms with Crippen LogP contribution in [0.4, 0.5) is 0 Å². The minimum Gasteiger partial charge on any atom is -0.294 e. The molecular formula is C13H14ClN3. The molecule has 3 nitrogen and oxygen atoms in total. The van der Waals surface area contributed by atoms with Crippen molar-refractivity contribution in [1.29, 1.82) is 0 Å². The Morgan fingerprint density at radius 1 is 1.29 bits per heavy atom. The Morgan fingerprint density at radius 3 is 2.71 bits per heavy atom. The maximum absolute atomic E-state index is 6.14. The van der Waals surface area contributed by atoms with Gasteiger partial charge in [0, 0.05) is 11.6 Å². The maximum Gasteiger partial charge on any atom is 0.225 e. The predicted molar refractivity (Wildman–Crippen MR) is 67.9 cm³/mol. The van der Waals surface area contributed by atoms with E-state index in [2.05, 4.69) is 21.7 Å². The normalized spacial score (nSPS) is 22.7. The third-order valence-electron chi connectivity index (χ3n) is 3.43. The van der Waals surface area contributed by atoms with Crippen LogP contribution < -0.4 is 0 Å². The molecule has 1 fully saturated rings. The van der Waals surface area contributed by atoms with E-state index in [4.69, 9.17) is 11.6 Å². The fourth-order valence-electron chi connectivity index (χ4n) is 2.34. The Morgan fingerprint density at radius 2 is 2.06 bits per heavy atom. The Labute approximate surface area is 105 Å². The lowest BCUT2D eigenvalue weighted by molar-refractivity contribution is 0.644. The van der Waals surface area contributed by atoms with E-state index in [0.29, 0.717) is 11.3 Å². The van der Waals surface area contributed by atoms with Crippen molar-refractivity contribution < 1.29 is 0 Å². The highest BCUT2D eigenvalue weighted by Crippen LogP contribution is 2.48. The smallest absolute Gasteiger partial charge is 0.225 e. The van der Waals surface area contributed by atoms with E-state index in [1.54, 1.807) is 0 Å². The molecule has 0 spiro atoms. The van der Waals surface area contributed by atoms with E-state index < -0.39 is 0 Å². The first-order valence-corrected chi connectivity index (χ1v) is 6.35. The largest absolute Gasteiger partial charge is 0.294 e. The number of halogens is 1. The average molecular weight is 248 g/mol. The highest BCUT2D eigenvalue weighted by molar-refractivity contribution is 6.28. The number of hydrogen-bond acceptors (Lipinski definition) is 2. The zero-order valence-electron chi connectivity index (χ0n) is 9.68. The highest BCUT2D eigenvalue weighted by Gasteiger charge is 2.39. The van der Waals surface area contributed by atoms with Crippen molar-refractivity contribution in [1.82, 2.24) is 14.8 Å². The van der Waals surface area contributed by atoms with Gasteiger partial charge in [0.15, 0.2) is 5.82 Å². The summed E-state index contributed by atoms with van der Waals surface area (Å²) in [6.07, 6.45) is 2.38. The van der Waals surface area contributed by atoms with Gasteiger partial charge in [-0.2, -0.15) is 0 Å². The van der Waals surface area contributed by atoms with Crippen LogP contribution >= 0.6 is 11.6 Å². The number of nitrogens with zero attached hydrogens (tertiary/aromatic N) is 3. The second-order valence-electron chi connectivity index (χ2n) is 4.50. The maximum atomic E-state index is 6.14. The molecule has 2 aromatic rings. The van der Waals surface area contributed by atoms with Gasteiger partial charge in [-0.25, -0.2) is 0 Å². The van der Waals surface area contributed by atoms with Crippen LogP contribution in [0.2, 0.25) is 5.28 Å². The standard InChI is InChI=1S/C13H14ClN3/c1-2-9-8-11(9)17-12(15-16-13(17)14)10-6-4-3-5-7-10/h3-7,9,11H,2,8H2,1H3. The van der Waals surface area contributed by atoms with Gasteiger partial charge in [0.2, 0.25) is 5.28 Å². The molecule has 1 aliphatic rings. The molecule has 17 heavy (non-hydrogen) atoms. The van der Waals surface area contributed by atoms with Crippen LogP contribution in [-0.4, -0.2) is 14.8 Å². The number of benzene rings is 1. The highest BCUT2D eigenvalue weighted by atomic mass is 35.5. The summed E-state index contributed by atoms with van der Waals surface area (Å²) in [5.41, 5.74) is 1.08. The van der Waals surface area contributed by atoms with E-state index in [-0.39, 0.29) is 0 Å². The molecule has 0 radical (unpaired) electrons. The summed E-state index contributed by atoms with van der Waals surface area (Å²) in [6.45, 7) is 2.21. The SMILES string of the molecule is CCC1CC1n1c(Cl)nnc1-c1ccccc1. The fourth-order valence-corrected chi connectivity index (χ4v) is 2.58. The van der Waals surface area contributed by atoms with Crippen LogP contribution in [0.1, 0.15) is 25.8 Å². The molecule has 0 saturated heterocycles. The lowest BCUT2D eigenvalue weighted by atomic mass is 10.2. The first-order valence-electron chi connectivity index (χ1n) is 5.97. The molecule has 0 N–H and O–H groups in total. The second-order valence-corrected chi connectivity index (χ2v) is 4.84. The average Bonchev–Trinajstić information content (AvgIpc) is 3.05. The summed E-state index contributed by atoms with van der Waals surface area (Å²) >= 11 is 6.14. The summed E-state index contributed by atoms with van der Waals surface area (Å²) in [7, 11) is 0. The lowest BCUT2D eigenvalue weighted by Crippen LogP contribution is -1.99. The van der Waals surface area contributed by atoms with Gasteiger partial charge in [0.05, 0.1) is 0 Å². The van der Waals surface area contributed by atoms with Gasteiger partial charge in [-0.3, -0.25) is 4.57 Å². The van der Waals surface area contributed by atoms with E-state index in [0.717, 1.165) is 17.3 Å². The zero-order chi connectivity index (χ0) is 11.8. The first-order chi connectivity index (χ1) is 8.31. The Kier molecular flexibility index (Phi) is 2.63. The predicted octanol–water partition coefficient (Wildman–Crippen LogP) is 3.57. The van der Waals surface area contributed by atoms with Crippen molar-refractivity contribution in [2.24, 2.45) is 5.92 Å². The van der Waals surface area contributed by atoms with E-state index in [1.165, 1.54) is 12.8 Å². The van der Waals surface area contributed by atoms with E-state index in [9.17, 15) is 0 Å². The van der Waals surface area contributed by atoms with Crippen molar-refractivity contribution in [3.8, 4) is 11.4 Å². The molecule has 0 aliphatic heterocycles. The van der Waals surface area contributed by atoms with Crippen LogP contribution in [0.5, 0.6) is 0 Å². The monoisotopic (exact) mass is 247 g/mol. The topological polar surface area (TPSA) is 30.7 Å². The van der Waals surface area contributed by atoms with Crippen molar-refractivity contribution in [2.45, 2.75) is 25.8 Å². The van der Waals surface area contributed by atoms with Gasteiger partial charge in [-0.1, -0.05) is 43.7 Å². The third-order valence-corrected chi connectivity index (χ3v) is 3.69. The summed E-state index contributed by atoms with van der Waals surface area (Å²) in [5.74, 6) is 1.61. The molecule has 4 heteroatoms. The van der Waals surface area contributed by atoms with Gasteiger partial charge in [-0.15, -0.1) is 10.2 Å². The Bertz CT molecular complexity index is 521. The Hall–Kier alpha value is -1.35. The first kappa shape index (κ1) is 10.8. The van der Waals surface area contributed by atoms with Crippen molar-refractivity contribution in [3.05, 3.63) is 35.6 Å². The van der Waals surface area contributed by atoms with Crippen LogP contribution in [0.25, 0.3) is 11.4 Å². The fraction of sp³-hybridized carbons (Fsp3) is 0.385. The molecular weight excluding hydrogens is 234 g/mol. The molecule has 1 heterocycles. The summed E-state index contributed by atoms with van der Waals surface area (Å²) in [5, 5.41) is 8.70. The zero-order valence-corrected chi connectivity index (χ0v) is 10.4. The van der Waals surface area contributed by atoms with Gasteiger partial charge in [0.25, 0.3) is 0 Å². The van der Waals surface area contributed by atoms with Gasteiger partial charge in [-0.05, 0) is 23.9 Å². The molecule has 1 aromatic carbocycles. The molecule has 2 atom stereocenters. The quantitative estimate of drug-likeness (QED) is 0.830. The lowest BCUT2D eigenvalue weighted by Gasteiger charge is -2.06. The number of hydrogen-bond donors (Lipinski definition) is 0. The molecule has 3 rings (SSSR count). The Balaban J connectivity index is 2.02. The number of rotatable bonds is 3. The third kappa shape index (κ3) is 1.84. The molecule has 2 unspecified atom stereocenters. The minimum absolute atomic E-state index is 0.484. The molecule has 1 aromatic heterocycles. The van der Waals surface area contributed by atoms with E-state index in [1.807, 2.05) is 30.3 Å². The van der Waals surface area contributed by atoms with Crippen molar-refractivity contribution in [2.75, 3.05) is 0 Å². The molecule has 1 saturated carbocycles. The minimum atomic E-state index is 0.484. The molecule has 1 aliphatic carbocycles. The van der Waals surface area contributed by atoms with Crippen LogP contribution in [0.3, 0.4) is 0 Å². The van der Waals surface area contributed by atoms with E-state index >= 15 is 0 Å². The number of aromatic nitrogens is 3. The molecule has 88 valence electrons. The van der Waals surface area contributed by atoms with Gasteiger partial charge in [0.1, 0.15) is 0 Å². The summed E-state index contributed by atoms with van der Waals surface area (Å²) in [4.78, 5) is 0.